The van der Waals surface area contributed by atoms with Gasteiger partial charge in [-0.05, 0) is 12.1 Å². The molecule has 1 aromatic rings. The average molecular weight is 244 g/mol. The third-order valence-corrected chi connectivity index (χ3v) is 2.07. The van der Waals surface area contributed by atoms with Crippen LogP contribution in [-0.4, -0.2) is 12.5 Å². The van der Waals surface area contributed by atoms with E-state index in [4.69, 9.17) is 40.1 Å². The quantitative estimate of drug-likeness (QED) is 0.827. The molecule has 0 atom stereocenters. The monoisotopic (exact) mass is 243 g/mol. The number of primary amides is 1. The third kappa shape index (κ3) is 2.79. The lowest BCUT2D eigenvalue weighted by Crippen LogP contribution is -2.13. The topological polar surface area (TPSA) is 52.3 Å². The molecule has 0 aliphatic heterocycles. The van der Waals surface area contributed by atoms with Crippen LogP contribution in [-0.2, 0) is 0 Å². The van der Waals surface area contributed by atoms with Crippen molar-refractivity contribution in [2.24, 2.45) is 5.73 Å². The number of hydrogen-bond donors (Lipinski definition) is 1. The SMILES string of the molecule is C#CCOc1c(Cl)cc(Cl)cc1C(N)=O. The zero-order chi connectivity index (χ0) is 11.4. The predicted octanol–water partition coefficient (Wildman–Crippen LogP) is 2.10. The minimum atomic E-state index is -0.675. The van der Waals surface area contributed by atoms with Crippen molar-refractivity contribution in [3.05, 3.63) is 27.7 Å². The van der Waals surface area contributed by atoms with E-state index >= 15 is 0 Å². The van der Waals surface area contributed by atoms with E-state index in [0.717, 1.165) is 0 Å². The number of nitrogens with two attached hydrogens (primary N) is 1. The molecule has 0 radical (unpaired) electrons. The molecule has 1 rings (SSSR count). The second kappa shape index (κ2) is 4.92. The molecule has 0 saturated carbocycles. The van der Waals surface area contributed by atoms with Gasteiger partial charge in [0.1, 0.15) is 6.61 Å². The Morgan fingerprint density at radius 1 is 1.53 bits per heavy atom. The highest BCUT2D eigenvalue weighted by molar-refractivity contribution is 6.36. The van der Waals surface area contributed by atoms with E-state index in [9.17, 15) is 4.79 Å². The minimum Gasteiger partial charge on any atom is -0.479 e. The normalized spacial score (nSPS) is 9.40. The van der Waals surface area contributed by atoms with E-state index in [2.05, 4.69) is 5.92 Å². The van der Waals surface area contributed by atoms with Gasteiger partial charge < -0.3 is 10.5 Å². The van der Waals surface area contributed by atoms with Crippen LogP contribution in [0.2, 0.25) is 10.0 Å². The fourth-order valence-electron chi connectivity index (χ4n) is 1.00. The molecule has 15 heavy (non-hydrogen) atoms. The van der Waals surface area contributed by atoms with Crippen LogP contribution in [0, 0.1) is 12.3 Å². The van der Waals surface area contributed by atoms with Crippen molar-refractivity contribution in [2.75, 3.05) is 6.61 Å². The first-order chi connectivity index (χ1) is 7.06. The van der Waals surface area contributed by atoms with Gasteiger partial charge in [0, 0.05) is 5.02 Å². The summed E-state index contributed by atoms with van der Waals surface area (Å²) in [5.41, 5.74) is 5.25. The standard InChI is InChI=1S/C10H7Cl2NO2/c1-2-3-15-9-7(10(13)14)4-6(11)5-8(9)12/h1,4-5H,3H2,(H2,13,14). The number of amides is 1. The molecule has 0 bridgehead atoms. The lowest BCUT2D eigenvalue weighted by Gasteiger charge is -2.09. The lowest BCUT2D eigenvalue weighted by molar-refractivity contribution is 0.0997. The van der Waals surface area contributed by atoms with E-state index in [1.807, 2.05) is 0 Å². The number of halogens is 2. The Balaban J connectivity index is 3.22. The van der Waals surface area contributed by atoms with Gasteiger partial charge in [0.05, 0.1) is 10.6 Å². The molecule has 2 N–H and O–H groups in total. The first kappa shape index (κ1) is 11.7. The minimum absolute atomic E-state index is 0.00162. The molecule has 1 amide bonds. The highest BCUT2D eigenvalue weighted by Gasteiger charge is 2.14. The number of ether oxygens (including phenoxy) is 1. The number of carbonyl (C=O) groups is 1. The summed E-state index contributed by atoms with van der Waals surface area (Å²) in [5.74, 6) is 1.74. The predicted molar refractivity (Wildman–Crippen MR) is 59.3 cm³/mol. The number of hydrogen-bond acceptors (Lipinski definition) is 2. The molecule has 78 valence electrons. The summed E-state index contributed by atoms with van der Waals surface area (Å²) < 4.78 is 5.11. The Bertz CT molecular complexity index is 438. The maximum Gasteiger partial charge on any atom is 0.252 e. The summed E-state index contributed by atoms with van der Waals surface area (Å²) in [4.78, 5) is 11.1. The Hall–Kier alpha value is -1.37. The van der Waals surface area contributed by atoms with Crippen LogP contribution in [0.4, 0.5) is 0 Å². The van der Waals surface area contributed by atoms with Crippen molar-refractivity contribution in [1.82, 2.24) is 0 Å². The van der Waals surface area contributed by atoms with Crippen LogP contribution in [0.1, 0.15) is 10.4 Å². The summed E-state index contributed by atoms with van der Waals surface area (Å²) >= 11 is 11.5. The molecule has 0 aromatic heterocycles. The van der Waals surface area contributed by atoms with Crippen LogP contribution in [0.25, 0.3) is 0 Å². The summed E-state index contributed by atoms with van der Waals surface area (Å²) in [6, 6.07) is 2.82. The molecule has 0 unspecified atom stereocenters. The molecule has 5 heteroatoms. The largest absolute Gasteiger partial charge is 0.479 e. The summed E-state index contributed by atoms with van der Waals surface area (Å²) in [6.45, 7) is 0.00162. The molecular weight excluding hydrogens is 237 g/mol. The Morgan fingerprint density at radius 2 is 2.20 bits per heavy atom. The van der Waals surface area contributed by atoms with Crippen molar-refractivity contribution >= 4 is 29.1 Å². The average Bonchev–Trinajstić information content (AvgIpc) is 2.15. The van der Waals surface area contributed by atoms with E-state index in [0.29, 0.717) is 5.02 Å². The van der Waals surface area contributed by atoms with E-state index in [1.54, 1.807) is 0 Å². The van der Waals surface area contributed by atoms with Crippen molar-refractivity contribution in [1.29, 1.82) is 0 Å². The zero-order valence-electron chi connectivity index (χ0n) is 7.59. The Kier molecular flexibility index (Phi) is 3.84. The molecule has 0 spiro atoms. The van der Waals surface area contributed by atoms with Gasteiger partial charge in [-0.25, -0.2) is 0 Å². The molecule has 0 aliphatic carbocycles. The molecule has 3 nitrogen and oxygen atoms in total. The Morgan fingerprint density at radius 3 is 2.73 bits per heavy atom. The van der Waals surface area contributed by atoms with Crippen molar-refractivity contribution in [3.8, 4) is 18.1 Å². The van der Waals surface area contributed by atoms with Crippen LogP contribution in [0.15, 0.2) is 12.1 Å². The highest BCUT2D eigenvalue weighted by atomic mass is 35.5. The fourth-order valence-corrected chi connectivity index (χ4v) is 1.55. The summed E-state index contributed by atoms with van der Waals surface area (Å²) in [7, 11) is 0. The highest BCUT2D eigenvalue weighted by Crippen LogP contribution is 2.32. The fraction of sp³-hybridized carbons (Fsp3) is 0.100. The van der Waals surface area contributed by atoms with Gasteiger partial charge in [0.2, 0.25) is 0 Å². The zero-order valence-corrected chi connectivity index (χ0v) is 9.10. The van der Waals surface area contributed by atoms with Crippen molar-refractivity contribution in [3.63, 3.8) is 0 Å². The second-order valence-corrected chi connectivity index (χ2v) is 3.46. The maximum atomic E-state index is 11.1. The van der Waals surface area contributed by atoms with Gasteiger partial charge in [-0.15, -0.1) is 6.42 Å². The van der Waals surface area contributed by atoms with Gasteiger partial charge in [-0.3, -0.25) is 4.79 Å². The first-order valence-electron chi connectivity index (χ1n) is 3.91. The van der Waals surface area contributed by atoms with Gasteiger partial charge >= 0.3 is 0 Å². The number of terminal acetylenes is 1. The first-order valence-corrected chi connectivity index (χ1v) is 4.67. The molecule has 0 fully saturated rings. The molecule has 0 heterocycles. The van der Waals surface area contributed by atoms with E-state index in [1.165, 1.54) is 12.1 Å². The lowest BCUT2D eigenvalue weighted by atomic mass is 10.2. The maximum absolute atomic E-state index is 11.1. The summed E-state index contributed by atoms with van der Waals surface area (Å²) in [5, 5.41) is 0.508. The van der Waals surface area contributed by atoms with Crippen LogP contribution in [0.3, 0.4) is 0 Å². The van der Waals surface area contributed by atoms with Crippen molar-refractivity contribution < 1.29 is 9.53 Å². The summed E-state index contributed by atoms with van der Waals surface area (Å²) in [6.07, 6.45) is 5.02. The van der Waals surface area contributed by atoms with Crippen LogP contribution < -0.4 is 10.5 Å². The number of rotatable bonds is 3. The molecule has 0 aliphatic rings. The third-order valence-electron chi connectivity index (χ3n) is 1.57. The molecule has 0 saturated heterocycles. The van der Waals surface area contributed by atoms with Crippen LogP contribution >= 0.6 is 23.2 Å². The van der Waals surface area contributed by atoms with E-state index < -0.39 is 5.91 Å². The van der Waals surface area contributed by atoms with Gasteiger partial charge in [0.15, 0.2) is 5.75 Å². The number of carbonyl (C=O) groups excluding carboxylic acids is 1. The van der Waals surface area contributed by atoms with Crippen molar-refractivity contribution in [2.45, 2.75) is 0 Å². The van der Waals surface area contributed by atoms with E-state index in [-0.39, 0.29) is 22.9 Å². The molecule has 1 aromatic carbocycles. The van der Waals surface area contributed by atoms with Gasteiger partial charge in [0.25, 0.3) is 5.91 Å². The second-order valence-electron chi connectivity index (χ2n) is 2.62. The van der Waals surface area contributed by atoms with Crippen LogP contribution in [0.5, 0.6) is 5.75 Å². The van der Waals surface area contributed by atoms with Gasteiger partial charge in [-0.2, -0.15) is 0 Å². The molecular formula is C10H7Cl2NO2. The smallest absolute Gasteiger partial charge is 0.252 e. The number of benzene rings is 1. The van der Waals surface area contributed by atoms with Gasteiger partial charge in [-0.1, -0.05) is 29.1 Å². The Labute approximate surface area is 97.1 Å².